The van der Waals surface area contributed by atoms with Gasteiger partial charge in [-0.15, -0.1) is 0 Å². The molecule has 6 heteroatoms. The number of piperazine rings is 1. The second kappa shape index (κ2) is 13.7. The van der Waals surface area contributed by atoms with Gasteiger partial charge in [-0.25, -0.2) is 0 Å². The average molecular weight is 430 g/mol. The van der Waals surface area contributed by atoms with Gasteiger partial charge in [-0.2, -0.15) is 0 Å². The lowest BCUT2D eigenvalue weighted by molar-refractivity contribution is 0.0625. The Labute approximate surface area is 189 Å². The van der Waals surface area contributed by atoms with Crippen molar-refractivity contribution in [1.82, 2.24) is 20.0 Å². The minimum Gasteiger partial charge on any atom is -0.381 e. The molecule has 0 atom stereocenters. The van der Waals surface area contributed by atoms with Crippen molar-refractivity contribution in [3.8, 4) is 0 Å². The Kier molecular flexibility index (Phi) is 10.6. The second-order valence-electron chi connectivity index (χ2n) is 9.05. The summed E-state index contributed by atoms with van der Waals surface area (Å²) >= 11 is 0. The SMILES string of the molecule is CN=C(NCCCCN1CCN(Cc2ccccc2)CC1)N(C)CCC1CCOCC1. The van der Waals surface area contributed by atoms with Crippen molar-refractivity contribution in [1.29, 1.82) is 0 Å². The summed E-state index contributed by atoms with van der Waals surface area (Å²) in [6, 6.07) is 10.8. The first kappa shape index (κ1) is 24.0. The summed E-state index contributed by atoms with van der Waals surface area (Å²) in [7, 11) is 4.05. The van der Waals surface area contributed by atoms with Crippen LogP contribution in [0.3, 0.4) is 0 Å². The zero-order valence-corrected chi connectivity index (χ0v) is 19.8. The molecule has 0 saturated carbocycles. The van der Waals surface area contributed by atoms with Crippen LogP contribution in [0.2, 0.25) is 0 Å². The first-order chi connectivity index (χ1) is 15.2. The molecule has 2 fully saturated rings. The first-order valence-corrected chi connectivity index (χ1v) is 12.2. The Morgan fingerprint density at radius 2 is 1.77 bits per heavy atom. The van der Waals surface area contributed by atoms with Crippen LogP contribution in [0.25, 0.3) is 0 Å². The lowest BCUT2D eigenvalue weighted by atomic mass is 9.96. The van der Waals surface area contributed by atoms with Crippen molar-refractivity contribution in [3.63, 3.8) is 0 Å². The first-order valence-electron chi connectivity index (χ1n) is 12.2. The van der Waals surface area contributed by atoms with E-state index in [0.717, 1.165) is 44.7 Å². The predicted octanol–water partition coefficient (Wildman–Crippen LogP) is 2.91. The van der Waals surface area contributed by atoms with Crippen molar-refractivity contribution < 1.29 is 4.74 Å². The molecule has 2 heterocycles. The molecule has 174 valence electrons. The topological polar surface area (TPSA) is 43.3 Å². The van der Waals surface area contributed by atoms with Crippen molar-refractivity contribution >= 4 is 5.96 Å². The lowest BCUT2D eigenvalue weighted by Crippen LogP contribution is -2.46. The molecule has 31 heavy (non-hydrogen) atoms. The number of nitrogens with zero attached hydrogens (tertiary/aromatic N) is 4. The third kappa shape index (κ3) is 8.79. The fourth-order valence-corrected chi connectivity index (χ4v) is 4.58. The van der Waals surface area contributed by atoms with E-state index in [2.05, 4.69) is 62.4 Å². The number of unbranched alkanes of at least 4 members (excludes halogenated alkanes) is 1. The third-order valence-corrected chi connectivity index (χ3v) is 6.69. The van der Waals surface area contributed by atoms with Crippen LogP contribution in [0.1, 0.15) is 37.7 Å². The Morgan fingerprint density at radius 1 is 1.06 bits per heavy atom. The van der Waals surface area contributed by atoms with Crippen LogP contribution in [0.5, 0.6) is 0 Å². The molecule has 0 radical (unpaired) electrons. The van der Waals surface area contributed by atoms with Gasteiger partial charge in [0.1, 0.15) is 0 Å². The van der Waals surface area contributed by atoms with E-state index in [9.17, 15) is 0 Å². The molecule has 0 bridgehead atoms. The molecule has 2 aliphatic heterocycles. The molecule has 0 aromatic heterocycles. The van der Waals surface area contributed by atoms with Gasteiger partial charge in [0.2, 0.25) is 0 Å². The third-order valence-electron chi connectivity index (χ3n) is 6.69. The fourth-order valence-electron chi connectivity index (χ4n) is 4.58. The van der Waals surface area contributed by atoms with Gasteiger partial charge in [0, 0.05) is 73.1 Å². The van der Waals surface area contributed by atoms with E-state index < -0.39 is 0 Å². The van der Waals surface area contributed by atoms with E-state index >= 15 is 0 Å². The van der Waals surface area contributed by atoms with Crippen LogP contribution in [0.15, 0.2) is 35.3 Å². The fraction of sp³-hybridized carbons (Fsp3) is 0.720. The number of rotatable bonds is 10. The molecule has 3 rings (SSSR count). The van der Waals surface area contributed by atoms with E-state index in [1.807, 2.05) is 7.05 Å². The molecule has 0 aliphatic carbocycles. The van der Waals surface area contributed by atoms with Crippen LogP contribution in [-0.2, 0) is 11.3 Å². The van der Waals surface area contributed by atoms with Crippen LogP contribution in [0.4, 0.5) is 0 Å². The van der Waals surface area contributed by atoms with Crippen LogP contribution >= 0.6 is 0 Å². The Bertz CT molecular complexity index is 624. The van der Waals surface area contributed by atoms with Gasteiger partial charge in [0.25, 0.3) is 0 Å². The predicted molar refractivity (Wildman–Crippen MR) is 130 cm³/mol. The summed E-state index contributed by atoms with van der Waals surface area (Å²) in [6.45, 7) is 11.0. The minimum atomic E-state index is 0.808. The highest BCUT2D eigenvalue weighted by molar-refractivity contribution is 5.79. The number of ether oxygens (including phenoxy) is 1. The van der Waals surface area contributed by atoms with Gasteiger partial charge in [0.05, 0.1) is 0 Å². The number of nitrogens with one attached hydrogen (secondary N) is 1. The molecule has 6 nitrogen and oxygen atoms in total. The standard InChI is InChI=1S/C25H43N5O/c1-26-25(28(2)15-10-23-11-20-31-21-12-23)27-13-6-7-14-29-16-18-30(19-17-29)22-24-8-4-3-5-9-24/h3-5,8-9,23H,6-7,10-22H2,1-2H3,(H,26,27). The molecule has 2 saturated heterocycles. The zero-order valence-electron chi connectivity index (χ0n) is 19.8. The van der Waals surface area contributed by atoms with Crippen molar-refractivity contribution in [2.75, 3.05) is 73.1 Å². The molecular formula is C25H43N5O. The monoisotopic (exact) mass is 429 g/mol. The van der Waals surface area contributed by atoms with E-state index in [1.165, 1.54) is 70.4 Å². The van der Waals surface area contributed by atoms with E-state index in [0.29, 0.717) is 0 Å². The summed E-state index contributed by atoms with van der Waals surface area (Å²) in [5, 5.41) is 3.55. The molecule has 0 spiro atoms. The highest BCUT2D eigenvalue weighted by Gasteiger charge is 2.17. The minimum absolute atomic E-state index is 0.808. The molecule has 0 amide bonds. The van der Waals surface area contributed by atoms with Crippen LogP contribution in [-0.4, -0.2) is 93.8 Å². The van der Waals surface area contributed by atoms with Crippen molar-refractivity contribution in [3.05, 3.63) is 35.9 Å². The van der Waals surface area contributed by atoms with Gasteiger partial charge < -0.3 is 19.9 Å². The largest absolute Gasteiger partial charge is 0.381 e. The Hall–Kier alpha value is -1.63. The maximum Gasteiger partial charge on any atom is 0.193 e. The van der Waals surface area contributed by atoms with Crippen molar-refractivity contribution in [2.24, 2.45) is 10.9 Å². The Morgan fingerprint density at radius 3 is 2.48 bits per heavy atom. The number of hydrogen-bond acceptors (Lipinski definition) is 4. The second-order valence-corrected chi connectivity index (χ2v) is 9.05. The molecule has 1 aromatic rings. The van der Waals surface area contributed by atoms with Crippen molar-refractivity contribution in [2.45, 2.75) is 38.6 Å². The molecule has 0 unspecified atom stereocenters. The molecule has 1 aromatic carbocycles. The van der Waals surface area contributed by atoms with Gasteiger partial charge in [-0.1, -0.05) is 30.3 Å². The maximum atomic E-state index is 5.47. The Balaban J connectivity index is 1.22. The quantitative estimate of drug-likeness (QED) is 0.352. The highest BCUT2D eigenvalue weighted by Crippen LogP contribution is 2.18. The number of aliphatic imine (C=N–C) groups is 1. The lowest BCUT2D eigenvalue weighted by Gasteiger charge is -2.34. The molecule has 1 N–H and O–H groups in total. The summed E-state index contributed by atoms with van der Waals surface area (Å²) in [6.07, 6.45) is 6.09. The van der Waals surface area contributed by atoms with E-state index in [1.54, 1.807) is 0 Å². The summed E-state index contributed by atoms with van der Waals surface area (Å²) in [5.74, 6) is 1.84. The molecule has 2 aliphatic rings. The molecular weight excluding hydrogens is 386 g/mol. The average Bonchev–Trinajstić information content (AvgIpc) is 2.82. The summed E-state index contributed by atoms with van der Waals surface area (Å²) in [4.78, 5) is 12.0. The van der Waals surface area contributed by atoms with E-state index in [-0.39, 0.29) is 0 Å². The van der Waals surface area contributed by atoms with Gasteiger partial charge in [-0.05, 0) is 50.1 Å². The van der Waals surface area contributed by atoms with E-state index in [4.69, 9.17) is 4.74 Å². The van der Waals surface area contributed by atoms with Crippen LogP contribution < -0.4 is 5.32 Å². The smallest absolute Gasteiger partial charge is 0.193 e. The van der Waals surface area contributed by atoms with Gasteiger partial charge in [-0.3, -0.25) is 9.89 Å². The number of guanidine groups is 1. The number of benzene rings is 1. The highest BCUT2D eigenvalue weighted by atomic mass is 16.5. The maximum absolute atomic E-state index is 5.47. The van der Waals surface area contributed by atoms with Gasteiger partial charge in [0.15, 0.2) is 5.96 Å². The number of hydrogen-bond donors (Lipinski definition) is 1. The summed E-state index contributed by atoms with van der Waals surface area (Å²) in [5.41, 5.74) is 1.42. The van der Waals surface area contributed by atoms with Gasteiger partial charge >= 0.3 is 0 Å². The summed E-state index contributed by atoms with van der Waals surface area (Å²) < 4.78 is 5.47. The zero-order chi connectivity index (χ0) is 21.7. The van der Waals surface area contributed by atoms with Crippen LogP contribution in [0, 0.1) is 5.92 Å². The normalized spacial score (nSPS) is 19.5.